The van der Waals surface area contributed by atoms with E-state index in [-0.39, 0.29) is 33.7 Å². The van der Waals surface area contributed by atoms with E-state index in [1.54, 1.807) is 5.57 Å². The Balaban J connectivity index is 1.36. The molecule has 2 N–H and O–H groups in total. The molecule has 5 fully saturated rings. The fraction of sp³-hybridized carbons (Fsp3) is 0.909. The number of carbonyl (C=O) groups excluding carboxylic acids is 1. The van der Waals surface area contributed by atoms with Crippen LogP contribution in [0.3, 0.4) is 0 Å². The van der Waals surface area contributed by atoms with Crippen LogP contribution in [0.25, 0.3) is 0 Å². The number of ketones is 1. The van der Waals surface area contributed by atoms with Crippen molar-refractivity contribution in [2.75, 3.05) is 0 Å². The molecule has 6 rings (SSSR count). The van der Waals surface area contributed by atoms with Crippen molar-refractivity contribution in [3.63, 3.8) is 0 Å². The summed E-state index contributed by atoms with van der Waals surface area (Å²) < 4.78 is 0. The molecule has 0 spiro atoms. The van der Waals surface area contributed by atoms with Crippen LogP contribution in [0.15, 0.2) is 11.6 Å². The van der Waals surface area contributed by atoms with Gasteiger partial charge in [0.05, 0.1) is 6.10 Å². The van der Waals surface area contributed by atoms with E-state index in [0.717, 1.165) is 51.4 Å². The number of hydrogen-bond donors (Lipinski definition) is 2. The number of aliphatic hydroxyl groups is 2. The Hall–Kier alpha value is -0.750. The summed E-state index contributed by atoms with van der Waals surface area (Å²) in [5, 5.41) is 23.0. The predicted octanol–water partition coefficient (Wildman–Crippen LogP) is 6.41. The van der Waals surface area contributed by atoms with Gasteiger partial charge in [-0.2, -0.15) is 0 Å². The fourth-order valence-corrected chi connectivity index (χ4v) is 11.2. The number of hydrogen-bond acceptors (Lipinski definition) is 5. The fourth-order valence-electron chi connectivity index (χ4n) is 11.2. The molecule has 0 amide bonds. The van der Waals surface area contributed by atoms with Crippen LogP contribution in [0, 0.1) is 51.2 Å². The van der Waals surface area contributed by atoms with Crippen LogP contribution in [0.1, 0.15) is 112 Å². The summed E-state index contributed by atoms with van der Waals surface area (Å²) in [4.78, 5) is 23.8. The lowest BCUT2D eigenvalue weighted by Gasteiger charge is -2.67. The first kappa shape index (κ1) is 27.4. The molecule has 214 valence electrons. The Bertz CT molecular complexity index is 988. The lowest BCUT2D eigenvalue weighted by Crippen LogP contribution is -2.61. The lowest BCUT2D eigenvalue weighted by atomic mass is 9.38. The predicted molar refractivity (Wildman–Crippen MR) is 147 cm³/mol. The third-order valence-corrected chi connectivity index (χ3v) is 13.6. The summed E-state index contributed by atoms with van der Waals surface area (Å²) in [6.07, 6.45) is 11.2. The van der Waals surface area contributed by atoms with Gasteiger partial charge in [-0.25, -0.2) is 9.78 Å². The smallest absolute Gasteiger partial charge is 0.148 e. The van der Waals surface area contributed by atoms with Gasteiger partial charge in [0.15, 0.2) is 0 Å². The molecule has 12 unspecified atom stereocenters. The van der Waals surface area contributed by atoms with E-state index in [4.69, 9.17) is 9.78 Å². The molecule has 0 aromatic heterocycles. The maximum atomic E-state index is 12.7. The number of allylic oxidation sites excluding steroid dienone is 2. The Morgan fingerprint density at radius 3 is 2.47 bits per heavy atom. The van der Waals surface area contributed by atoms with Crippen LogP contribution in [0.5, 0.6) is 0 Å². The van der Waals surface area contributed by atoms with Crippen molar-refractivity contribution in [1.29, 1.82) is 0 Å². The molecule has 5 nitrogen and oxygen atoms in total. The molecule has 5 heteroatoms. The molecule has 6 aliphatic rings. The highest BCUT2D eigenvalue weighted by Crippen LogP contribution is 2.71. The van der Waals surface area contributed by atoms with E-state index in [1.165, 1.54) is 12.8 Å². The minimum Gasteiger partial charge on any atom is -0.390 e. The molecule has 1 heterocycles. The Morgan fingerprint density at radius 1 is 1.00 bits per heavy atom. The lowest BCUT2D eigenvalue weighted by molar-refractivity contribution is -0.318. The van der Waals surface area contributed by atoms with Gasteiger partial charge in [0.1, 0.15) is 24.1 Å². The van der Waals surface area contributed by atoms with Gasteiger partial charge in [-0.15, -0.1) is 0 Å². The highest BCUT2D eigenvalue weighted by atomic mass is 17.2. The van der Waals surface area contributed by atoms with E-state index < -0.39 is 18.3 Å². The van der Waals surface area contributed by atoms with Crippen LogP contribution >= 0.6 is 0 Å². The maximum Gasteiger partial charge on any atom is 0.148 e. The van der Waals surface area contributed by atoms with E-state index in [9.17, 15) is 15.0 Å². The Morgan fingerprint density at radius 2 is 1.76 bits per heavy atom. The summed E-state index contributed by atoms with van der Waals surface area (Å²) in [6, 6.07) is 0. The van der Waals surface area contributed by atoms with E-state index in [2.05, 4.69) is 40.7 Å². The van der Waals surface area contributed by atoms with E-state index in [1.807, 2.05) is 6.92 Å². The van der Waals surface area contributed by atoms with Gasteiger partial charge in [-0.1, -0.05) is 53.2 Å². The summed E-state index contributed by atoms with van der Waals surface area (Å²) in [6.45, 7) is 14.1. The third kappa shape index (κ3) is 3.73. The monoisotopic (exact) mass is 528 g/mol. The molecule has 5 aliphatic carbocycles. The van der Waals surface area contributed by atoms with Crippen molar-refractivity contribution in [1.82, 2.24) is 0 Å². The number of rotatable bonds is 3. The van der Waals surface area contributed by atoms with Gasteiger partial charge in [0, 0.05) is 17.8 Å². The SMILES string of the molecule is CCC1OOC(C(O)C23CCC4C(=CCC5C4(C)CCC4C(C)C(=O)CCC45C)C2CC(C)(C)CC3)C1O. The average molecular weight is 529 g/mol. The molecule has 0 aromatic rings. The largest absolute Gasteiger partial charge is 0.390 e. The normalized spacial score (nSPS) is 52.7. The first-order valence-electron chi connectivity index (χ1n) is 15.8. The van der Waals surface area contributed by atoms with Gasteiger partial charge in [-0.05, 0) is 104 Å². The molecular weight excluding hydrogens is 476 g/mol. The van der Waals surface area contributed by atoms with Crippen LogP contribution in [0.4, 0.5) is 0 Å². The molecule has 1 aliphatic heterocycles. The number of carbonyl (C=O) groups is 1. The molecule has 0 radical (unpaired) electrons. The summed E-state index contributed by atoms with van der Waals surface area (Å²) in [7, 11) is 0. The van der Waals surface area contributed by atoms with Gasteiger partial charge in [0.25, 0.3) is 0 Å². The van der Waals surface area contributed by atoms with Crippen LogP contribution < -0.4 is 0 Å². The van der Waals surface area contributed by atoms with Crippen molar-refractivity contribution < 1.29 is 24.8 Å². The first-order valence-corrected chi connectivity index (χ1v) is 15.8. The van der Waals surface area contributed by atoms with Gasteiger partial charge in [-0.3, -0.25) is 4.79 Å². The number of Topliss-reactive ketones (excluding diaryl/α,β-unsaturated/α-hetero) is 1. The minimum atomic E-state index is -0.786. The van der Waals surface area contributed by atoms with Gasteiger partial charge >= 0.3 is 0 Å². The maximum absolute atomic E-state index is 12.7. The molecule has 4 saturated carbocycles. The number of aliphatic hydroxyl groups excluding tert-OH is 2. The second-order valence-electron chi connectivity index (χ2n) is 15.7. The second kappa shape index (κ2) is 9.13. The average Bonchev–Trinajstić information content (AvgIpc) is 3.25. The standard InChI is InChI=1S/C33H52O5/c1-7-25-27(35)28(38-37-25)29(36)33-15-11-22-20(23(33)18-30(3,4)16-17-33)8-9-26-31(5)14-12-24(34)19(2)21(31)10-13-32(22,26)6/h8,19,21-23,25-29,35-36H,7,9-18H2,1-6H3. The molecule has 0 aromatic carbocycles. The number of fused-ring (bicyclic) bond motifs is 7. The summed E-state index contributed by atoms with van der Waals surface area (Å²) in [5.74, 6) is 2.67. The quantitative estimate of drug-likeness (QED) is 0.327. The topological polar surface area (TPSA) is 76.0 Å². The zero-order chi connectivity index (χ0) is 27.3. The van der Waals surface area contributed by atoms with Crippen molar-refractivity contribution in [2.45, 2.75) is 137 Å². The highest BCUT2D eigenvalue weighted by molar-refractivity contribution is 5.82. The van der Waals surface area contributed by atoms with E-state index >= 15 is 0 Å². The van der Waals surface area contributed by atoms with E-state index in [0.29, 0.717) is 35.9 Å². The van der Waals surface area contributed by atoms with Crippen LogP contribution in [-0.4, -0.2) is 40.4 Å². The summed E-state index contributed by atoms with van der Waals surface area (Å²) in [5.41, 5.74) is 2.04. The molecular formula is C33H52O5. The highest BCUT2D eigenvalue weighted by Gasteiger charge is 2.65. The van der Waals surface area contributed by atoms with Crippen molar-refractivity contribution >= 4 is 5.78 Å². The van der Waals surface area contributed by atoms with Gasteiger partial charge in [0.2, 0.25) is 0 Å². The molecule has 0 bridgehead atoms. The van der Waals surface area contributed by atoms with Gasteiger partial charge < -0.3 is 10.2 Å². The van der Waals surface area contributed by atoms with Crippen molar-refractivity contribution in [3.8, 4) is 0 Å². The van der Waals surface area contributed by atoms with Crippen LogP contribution in [-0.2, 0) is 14.6 Å². The molecule has 1 saturated heterocycles. The Labute approximate surface area is 230 Å². The molecule has 12 atom stereocenters. The zero-order valence-corrected chi connectivity index (χ0v) is 24.7. The van der Waals surface area contributed by atoms with Crippen molar-refractivity contribution in [3.05, 3.63) is 11.6 Å². The zero-order valence-electron chi connectivity index (χ0n) is 24.7. The van der Waals surface area contributed by atoms with Crippen molar-refractivity contribution in [2.24, 2.45) is 51.2 Å². The second-order valence-corrected chi connectivity index (χ2v) is 15.7. The first-order chi connectivity index (χ1) is 17.9. The minimum absolute atomic E-state index is 0.198. The summed E-state index contributed by atoms with van der Waals surface area (Å²) >= 11 is 0. The van der Waals surface area contributed by atoms with Crippen LogP contribution in [0.2, 0.25) is 0 Å². The third-order valence-electron chi connectivity index (χ3n) is 13.6. The molecule has 38 heavy (non-hydrogen) atoms. The Kier molecular flexibility index (Phi) is 6.59.